The SMILES string of the molecule is Cc1cc(Br)sc1C1CCN(C(=O)OC(C)(C)C)CC1. The van der Waals surface area contributed by atoms with Gasteiger partial charge in [-0.1, -0.05) is 0 Å². The van der Waals surface area contributed by atoms with Gasteiger partial charge in [-0.3, -0.25) is 0 Å². The van der Waals surface area contributed by atoms with Crippen LogP contribution < -0.4 is 0 Å². The molecule has 1 aliphatic heterocycles. The van der Waals surface area contributed by atoms with Gasteiger partial charge < -0.3 is 9.64 Å². The summed E-state index contributed by atoms with van der Waals surface area (Å²) in [5, 5.41) is 0. The molecule has 0 radical (unpaired) electrons. The minimum atomic E-state index is -0.414. The first kappa shape index (κ1) is 15.8. The van der Waals surface area contributed by atoms with Gasteiger partial charge in [0.2, 0.25) is 0 Å². The Morgan fingerprint density at radius 3 is 2.45 bits per heavy atom. The van der Waals surface area contributed by atoms with Crippen molar-refractivity contribution < 1.29 is 9.53 Å². The Hall–Kier alpha value is -0.550. The van der Waals surface area contributed by atoms with E-state index in [1.165, 1.54) is 14.2 Å². The Kier molecular flexibility index (Phi) is 4.80. The normalized spacial score (nSPS) is 17.4. The van der Waals surface area contributed by atoms with Crippen molar-refractivity contribution in [3.8, 4) is 0 Å². The molecule has 1 aliphatic rings. The molecule has 1 aromatic rings. The maximum atomic E-state index is 12.0. The fourth-order valence-corrected chi connectivity index (χ4v) is 4.45. The fourth-order valence-electron chi connectivity index (χ4n) is 2.51. The Labute approximate surface area is 133 Å². The summed E-state index contributed by atoms with van der Waals surface area (Å²) < 4.78 is 6.62. The number of piperidine rings is 1. The molecule has 0 N–H and O–H groups in total. The second-order valence-electron chi connectivity index (χ2n) is 6.34. The van der Waals surface area contributed by atoms with E-state index in [0.29, 0.717) is 5.92 Å². The summed E-state index contributed by atoms with van der Waals surface area (Å²) in [5.74, 6) is 0.574. The third-order valence-electron chi connectivity index (χ3n) is 3.44. The topological polar surface area (TPSA) is 29.5 Å². The third-order valence-corrected chi connectivity index (χ3v) is 5.35. The van der Waals surface area contributed by atoms with Gasteiger partial charge >= 0.3 is 6.09 Å². The first-order valence-corrected chi connectivity index (χ1v) is 8.61. The van der Waals surface area contributed by atoms with Crippen molar-refractivity contribution in [1.82, 2.24) is 4.90 Å². The van der Waals surface area contributed by atoms with Crippen LogP contribution in [0.4, 0.5) is 4.79 Å². The largest absolute Gasteiger partial charge is 0.444 e. The number of ether oxygens (including phenoxy) is 1. The zero-order chi connectivity index (χ0) is 14.9. The predicted molar refractivity (Wildman–Crippen MR) is 86.5 cm³/mol. The number of hydrogen-bond donors (Lipinski definition) is 0. The number of nitrogens with zero attached hydrogens (tertiary/aromatic N) is 1. The maximum absolute atomic E-state index is 12.0. The van der Waals surface area contributed by atoms with E-state index < -0.39 is 5.60 Å². The Morgan fingerprint density at radius 2 is 2.00 bits per heavy atom. The maximum Gasteiger partial charge on any atom is 0.410 e. The highest BCUT2D eigenvalue weighted by Gasteiger charge is 2.28. The van der Waals surface area contributed by atoms with Gasteiger partial charge in [-0.15, -0.1) is 11.3 Å². The molecule has 0 spiro atoms. The number of aryl methyl sites for hydroxylation is 1. The van der Waals surface area contributed by atoms with E-state index >= 15 is 0 Å². The Balaban J connectivity index is 1.92. The number of hydrogen-bond acceptors (Lipinski definition) is 3. The first-order chi connectivity index (χ1) is 9.26. The molecule has 1 fully saturated rings. The highest BCUT2D eigenvalue weighted by atomic mass is 79.9. The molecule has 0 aromatic carbocycles. The molecule has 0 bridgehead atoms. The first-order valence-electron chi connectivity index (χ1n) is 7.00. The van der Waals surface area contributed by atoms with Crippen molar-refractivity contribution in [2.75, 3.05) is 13.1 Å². The van der Waals surface area contributed by atoms with Crippen LogP contribution in [0, 0.1) is 6.92 Å². The van der Waals surface area contributed by atoms with E-state index in [2.05, 4.69) is 28.9 Å². The third kappa shape index (κ3) is 3.98. The summed E-state index contributed by atoms with van der Waals surface area (Å²) in [4.78, 5) is 15.3. The van der Waals surface area contributed by atoms with Gasteiger partial charge in [0.05, 0.1) is 3.79 Å². The van der Waals surface area contributed by atoms with Crippen LogP contribution in [0.25, 0.3) is 0 Å². The van der Waals surface area contributed by atoms with E-state index in [1.54, 1.807) is 0 Å². The molecule has 0 saturated carbocycles. The van der Waals surface area contributed by atoms with Crippen LogP contribution in [0.5, 0.6) is 0 Å². The average Bonchev–Trinajstić information content (AvgIpc) is 2.66. The number of carbonyl (C=O) groups excluding carboxylic acids is 1. The van der Waals surface area contributed by atoms with Crippen molar-refractivity contribution in [1.29, 1.82) is 0 Å². The number of thiophene rings is 1. The highest BCUT2D eigenvalue weighted by molar-refractivity contribution is 9.11. The summed E-state index contributed by atoms with van der Waals surface area (Å²) in [6.45, 7) is 9.46. The molecule has 3 nitrogen and oxygen atoms in total. The van der Waals surface area contributed by atoms with Gasteiger partial charge in [0.1, 0.15) is 5.60 Å². The van der Waals surface area contributed by atoms with Crippen LogP contribution in [0.2, 0.25) is 0 Å². The van der Waals surface area contributed by atoms with Crippen LogP contribution in [-0.2, 0) is 4.74 Å². The summed E-state index contributed by atoms with van der Waals surface area (Å²) in [7, 11) is 0. The van der Waals surface area contributed by atoms with Crippen LogP contribution in [0.3, 0.4) is 0 Å². The van der Waals surface area contributed by atoms with E-state index in [4.69, 9.17) is 4.74 Å². The van der Waals surface area contributed by atoms with E-state index in [1.807, 2.05) is 37.0 Å². The van der Waals surface area contributed by atoms with Crippen molar-refractivity contribution in [3.63, 3.8) is 0 Å². The van der Waals surface area contributed by atoms with Crippen molar-refractivity contribution in [3.05, 3.63) is 20.3 Å². The molecule has 1 aromatic heterocycles. The quantitative estimate of drug-likeness (QED) is 0.710. The lowest BCUT2D eigenvalue weighted by Gasteiger charge is -2.33. The molecule has 20 heavy (non-hydrogen) atoms. The number of carbonyl (C=O) groups is 1. The molecule has 0 aliphatic carbocycles. The van der Waals surface area contributed by atoms with Gasteiger partial charge in [-0.2, -0.15) is 0 Å². The van der Waals surface area contributed by atoms with E-state index in [-0.39, 0.29) is 6.09 Å². The lowest BCUT2D eigenvalue weighted by Crippen LogP contribution is -2.41. The van der Waals surface area contributed by atoms with Gasteiger partial charge in [0, 0.05) is 18.0 Å². The molecule has 0 atom stereocenters. The standard InChI is InChI=1S/C15H22BrNO2S/c1-10-9-12(16)20-13(10)11-5-7-17(8-6-11)14(18)19-15(2,3)4/h9,11H,5-8H2,1-4H3. The molecular weight excluding hydrogens is 338 g/mol. The monoisotopic (exact) mass is 359 g/mol. The number of amides is 1. The summed E-state index contributed by atoms with van der Waals surface area (Å²) >= 11 is 5.37. The number of halogens is 1. The van der Waals surface area contributed by atoms with Crippen LogP contribution >= 0.6 is 27.3 Å². The zero-order valence-electron chi connectivity index (χ0n) is 12.5. The minimum absolute atomic E-state index is 0.181. The molecule has 1 saturated heterocycles. The van der Waals surface area contributed by atoms with Crippen LogP contribution in [-0.4, -0.2) is 29.7 Å². The molecule has 2 heterocycles. The van der Waals surface area contributed by atoms with Crippen molar-refractivity contribution in [2.24, 2.45) is 0 Å². The zero-order valence-corrected chi connectivity index (χ0v) is 14.9. The Bertz CT molecular complexity index is 485. The number of likely N-dealkylation sites (tertiary alicyclic amines) is 1. The van der Waals surface area contributed by atoms with Crippen LogP contribution in [0.15, 0.2) is 9.85 Å². The predicted octanol–water partition coefficient (Wildman–Crippen LogP) is 4.93. The lowest BCUT2D eigenvalue weighted by atomic mass is 9.93. The van der Waals surface area contributed by atoms with Gasteiger partial charge in [0.15, 0.2) is 0 Å². The summed E-state index contributed by atoms with van der Waals surface area (Å²) in [6.07, 6.45) is 1.86. The molecular formula is C15H22BrNO2S. The van der Waals surface area contributed by atoms with Gasteiger partial charge in [0.25, 0.3) is 0 Å². The second-order valence-corrected chi connectivity index (χ2v) is 8.80. The average molecular weight is 360 g/mol. The van der Waals surface area contributed by atoms with E-state index in [0.717, 1.165) is 25.9 Å². The fraction of sp³-hybridized carbons (Fsp3) is 0.667. The second kappa shape index (κ2) is 6.06. The lowest BCUT2D eigenvalue weighted by molar-refractivity contribution is 0.0205. The molecule has 0 unspecified atom stereocenters. The minimum Gasteiger partial charge on any atom is -0.444 e. The summed E-state index contributed by atoms with van der Waals surface area (Å²) in [6, 6.07) is 2.18. The van der Waals surface area contributed by atoms with E-state index in [9.17, 15) is 4.79 Å². The van der Waals surface area contributed by atoms with Gasteiger partial charge in [-0.05, 0) is 74.0 Å². The van der Waals surface area contributed by atoms with Crippen LogP contribution in [0.1, 0.15) is 50.0 Å². The van der Waals surface area contributed by atoms with Gasteiger partial charge in [-0.25, -0.2) is 4.79 Å². The van der Waals surface area contributed by atoms with Crippen molar-refractivity contribution in [2.45, 2.75) is 52.1 Å². The summed E-state index contributed by atoms with van der Waals surface area (Å²) in [5.41, 5.74) is 0.945. The molecule has 2 rings (SSSR count). The highest BCUT2D eigenvalue weighted by Crippen LogP contribution is 2.37. The molecule has 112 valence electrons. The molecule has 5 heteroatoms. The Morgan fingerprint density at radius 1 is 1.40 bits per heavy atom. The number of rotatable bonds is 1. The smallest absolute Gasteiger partial charge is 0.410 e. The molecule has 1 amide bonds. The van der Waals surface area contributed by atoms with Crippen molar-refractivity contribution >= 4 is 33.4 Å².